The molecule has 2 N–H and O–H groups in total. The smallest absolute Gasteiger partial charge is 0.116 e. The molecule has 70 valence electrons. The summed E-state index contributed by atoms with van der Waals surface area (Å²) < 4.78 is 0. The summed E-state index contributed by atoms with van der Waals surface area (Å²) in [5.41, 5.74) is 2.40. The Morgan fingerprint density at radius 1 is 1.38 bits per heavy atom. The molecule has 0 aliphatic carbocycles. The molecule has 0 spiro atoms. The van der Waals surface area contributed by atoms with Crippen LogP contribution < -0.4 is 5.32 Å². The molecule has 0 radical (unpaired) electrons. The highest BCUT2D eigenvalue weighted by Gasteiger charge is 2.20. The number of benzene rings is 1. The number of nitrogens with one attached hydrogen (secondary N) is 1. The van der Waals surface area contributed by atoms with E-state index in [1.54, 1.807) is 6.07 Å². The van der Waals surface area contributed by atoms with E-state index in [0.717, 1.165) is 6.42 Å². The molecule has 1 heterocycles. The predicted octanol–water partition coefficient (Wildman–Crippen LogP) is 2.70. The third-order valence-electron chi connectivity index (χ3n) is 2.68. The molecule has 1 aromatic carbocycles. The van der Waals surface area contributed by atoms with Gasteiger partial charge in [0.2, 0.25) is 0 Å². The van der Waals surface area contributed by atoms with Crippen LogP contribution in [-0.2, 0) is 0 Å². The van der Waals surface area contributed by atoms with Crippen LogP contribution in [-0.4, -0.2) is 11.1 Å². The maximum atomic E-state index is 9.34. The number of phenolic OH excluding ortho intramolecular Hbond substituents is 1. The van der Waals surface area contributed by atoms with Crippen LogP contribution in [0.3, 0.4) is 0 Å². The first-order valence-corrected chi connectivity index (χ1v) is 4.76. The van der Waals surface area contributed by atoms with Gasteiger partial charge in [0.25, 0.3) is 0 Å². The summed E-state index contributed by atoms with van der Waals surface area (Å²) in [7, 11) is 0. The summed E-state index contributed by atoms with van der Waals surface area (Å²) in [4.78, 5) is 0. The van der Waals surface area contributed by atoms with E-state index >= 15 is 0 Å². The van der Waals surface area contributed by atoms with E-state index in [-0.39, 0.29) is 0 Å². The Bertz CT molecular complexity index is 322. The molecule has 2 atom stereocenters. The van der Waals surface area contributed by atoms with Gasteiger partial charge in [0.05, 0.1) is 0 Å². The van der Waals surface area contributed by atoms with Crippen molar-refractivity contribution in [1.82, 2.24) is 0 Å². The van der Waals surface area contributed by atoms with Gasteiger partial charge in [0.1, 0.15) is 5.75 Å². The lowest BCUT2D eigenvalue weighted by atomic mass is 9.89. The van der Waals surface area contributed by atoms with Crippen molar-refractivity contribution in [2.45, 2.75) is 32.2 Å². The van der Waals surface area contributed by atoms with Gasteiger partial charge in [-0.2, -0.15) is 0 Å². The van der Waals surface area contributed by atoms with Crippen LogP contribution in [0.5, 0.6) is 5.75 Å². The minimum atomic E-state index is 0.363. The highest BCUT2D eigenvalue weighted by atomic mass is 16.3. The number of fused-ring (bicyclic) bond motifs is 1. The zero-order valence-electron chi connectivity index (χ0n) is 8.04. The van der Waals surface area contributed by atoms with E-state index in [1.165, 1.54) is 11.3 Å². The maximum Gasteiger partial charge on any atom is 0.116 e. The van der Waals surface area contributed by atoms with Crippen LogP contribution in [0.4, 0.5) is 5.69 Å². The fourth-order valence-electron chi connectivity index (χ4n) is 2.07. The van der Waals surface area contributed by atoms with Crippen LogP contribution in [0.2, 0.25) is 0 Å². The molecule has 13 heavy (non-hydrogen) atoms. The van der Waals surface area contributed by atoms with Crippen molar-refractivity contribution in [3.63, 3.8) is 0 Å². The third kappa shape index (κ3) is 1.48. The van der Waals surface area contributed by atoms with Gasteiger partial charge in [-0.05, 0) is 43.0 Å². The standard InChI is InChI=1S/C11H15NO/c1-7-5-8(2)12-11-4-3-9(13)6-10(7)11/h3-4,6-8,12-13H,5H2,1-2H3. The van der Waals surface area contributed by atoms with Gasteiger partial charge in [-0.25, -0.2) is 0 Å². The molecule has 0 amide bonds. The first-order valence-electron chi connectivity index (χ1n) is 4.76. The van der Waals surface area contributed by atoms with Crippen LogP contribution >= 0.6 is 0 Å². The van der Waals surface area contributed by atoms with Crippen LogP contribution in [0.15, 0.2) is 18.2 Å². The molecule has 2 nitrogen and oxygen atoms in total. The van der Waals surface area contributed by atoms with E-state index in [2.05, 4.69) is 19.2 Å². The molecule has 0 saturated carbocycles. The molecular formula is C11H15NO. The van der Waals surface area contributed by atoms with Crippen molar-refractivity contribution in [3.05, 3.63) is 23.8 Å². The molecule has 1 aromatic rings. The van der Waals surface area contributed by atoms with E-state index in [1.807, 2.05) is 12.1 Å². The molecule has 2 rings (SSSR count). The minimum Gasteiger partial charge on any atom is -0.508 e. The average Bonchev–Trinajstić information content (AvgIpc) is 2.06. The zero-order valence-corrected chi connectivity index (χ0v) is 8.04. The summed E-state index contributed by atoms with van der Waals surface area (Å²) in [5, 5.41) is 12.8. The lowest BCUT2D eigenvalue weighted by Crippen LogP contribution is -2.23. The molecule has 0 bridgehead atoms. The second kappa shape index (κ2) is 2.95. The zero-order chi connectivity index (χ0) is 9.42. The van der Waals surface area contributed by atoms with Crippen molar-refractivity contribution in [1.29, 1.82) is 0 Å². The third-order valence-corrected chi connectivity index (χ3v) is 2.68. The summed E-state index contributed by atoms with van der Waals surface area (Å²) >= 11 is 0. The van der Waals surface area contributed by atoms with Gasteiger partial charge in [0.15, 0.2) is 0 Å². The summed E-state index contributed by atoms with van der Waals surface area (Å²) in [6.07, 6.45) is 1.14. The lowest BCUT2D eigenvalue weighted by Gasteiger charge is -2.29. The fourth-order valence-corrected chi connectivity index (χ4v) is 2.07. The number of phenols is 1. The maximum absolute atomic E-state index is 9.34. The molecule has 0 fully saturated rings. The van der Waals surface area contributed by atoms with Crippen molar-refractivity contribution in [2.75, 3.05) is 5.32 Å². The SMILES string of the molecule is CC1CC(C)c2cc(O)ccc2N1. The number of anilines is 1. The quantitative estimate of drug-likeness (QED) is 0.597. The second-order valence-corrected chi connectivity index (χ2v) is 3.95. The van der Waals surface area contributed by atoms with E-state index in [0.29, 0.717) is 17.7 Å². The number of hydrogen-bond acceptors (Lipinski definition) is 2. The Balaban J connectivity index is 2.43. The highest BCUT2D eigenvalue weighted by molar-refractivity contribution is 5.57. The van der Waals surface area contributed by atoms with Crippen molar-refractivity contribution >= 4 is 5.69 Å². The van der Waals surface area contributed by atoms with Crippen LogP contribution in [0.1, 0.15) is 31.7 Å². The van der Waals surface area contributed by atoms with Gasteiger partial charge in [0, 0.05) is 11.7 Å². The molecule has 2 unspecified atom stereocenters. The normalized spacial score (nSPS) is 26.3. The van der Waals surface area contributed by atoms with Crippen molar-refractivity contribution < 1.29 is 5.11 Å². The van der Waals surface area contributed by atoms with Gasteiger partial charge in [-0.3, -0.25) is 0 Å². The molecular weight excluding hydrogens is 162 g/mol. The van der Waals surface area contributed by atoms with Gasteiger partial charge in [-0.15, -0.1) is 0 Å². The van der Waals surface area contributed by atoms with E-state index in [9.17, 15) is 5.11 Å². The topological polar surface area (TPSA) is 32.3 Å². The average molecular weight is 177 g/mol. The predicted molar refractivity (Wildman–Crippen MR) is 54.2 cm³/mol. The van der Waals surface area contributed by atoms with Crippen molar-refractivity contribution in [3.8, 4) is 5.75 Å². The Hall–Kier alpha value is -1.18. The van der Waals surface area contributed by atoms with Crippen molar-refractivity contribution in [2.24, 2.45) is 0 Å². The second-order valence-electron chi connectivity index (χ2n) is 3.95. The van der Waals surface area contributed by atoms with E-state index < -0.39 is 0 Å². The van der Waals surface area contributed by atoms with E-state index in [4.69, 9.17) is 0 Å². The summed E-state index contributed by atoms with van der Waals surface area (Å²) in [6.45, 7) is 4.39. The number of aromatic hydroxyl groups is 1. The Labute approximate surface area is 78.6 Å². The molecule has 1 aliphatic heterocycles. The highest BCUT2D eigenvalue weighted by Crippen LogP contribution is 2.35. The molecule has 0 saturated heterocycles. The summed E-state index contributed by atoms with van der Waals surface area (Å²) in [6, 6.07) is 6.08. The van der Waals surface area contributed by atoms with Gasteiger partial charge >= 0.3 is 0 Å². The first kappa shape index (κ1) is 8.42. The lowest BCUT2D eigenvalue weighted by molar-refractivity contribution is 0.472. The fraction of sp³-hybridized carbons (Fsp3) is 0.455. The monoisotopic (exact) mass is 177 g/mol. The first-order chi connectivity index (χ1) is 6.16. The van der Waals surface area contributed by atoms with Crippen LogP contribution in [0, 0.1) is 0 Å². The molecule has 0 aromatic heterocycles. The minimum absolute atomic E-state index is 0.363. The largest absolute Gasteiger partial charge is 0.508 e. The Morgan fingerprint density at radius 2 is 2.15 bits per heavy atom. The van der Waals surface area contributed by atoms with Crippen LogP contribution in [0.25, 0.3) is 0 Å². The van der Waals surface area contributed by atoms with Gasteiger partial charge < -0.3 is 10.4 Å². The molecule has 2 heteroatoms. The Kier molecular flexibility index (Phi) is 1.91. The van der Waals surface area contributed by atoms with Gasteiger partial charge in [-0.1, -0.05) is 6.92 Å². The number of rotatable bonds is 0. The number of hydrogen-bond donors (Lipinski definition) is 2. The Morgan fingerprint density at radius 3 is 2.92 bits per heavy atom. The summed E-state index contributed by atoms with van der Waals surface area (Å²) in [5.74, 6) is 0.903. The molecule has 1 aliphatic rings.